The summed E-state index contributed by atoms with van der Waals surface area (Å²) in [4.78, 5) is 4.93. The van der Waals surface area contributed by atoms with E-state index in [4.69, 9.17) is 4.74 Å². The summed E-state index contributed by atoms with van der Waals surface area (Å²) in [6.45, 7) is 5.32. The first kappa shape index (κ1) is 26.3. The second-order valence-electron chi connectivity index (χ2n) is 10.1. The third-order valence-electron chi connectivity index (χ3n) is 7.47. The zero-order valence-electron chi connectivity index (χ0n) is 22.0. The van der Waals surface area contributed by atoms with Crippen LogP contribution in [0.2, 0.25) is 0 Å². The molecule has 0 radical (unpaired) electrons. The number of aliphatic hydroxyl groups is 1. The van der Waals surface area contributed by atoms with Crippen molar-refractivity contribution in [3.8, 4) is 0 Å². The van der Waals surface area contributed by atoms with Crippen LogP contribution in [0.25, 0.3) is 0 Å². The van der Waals surface area contributed by atoms with Gasteiger partial charge in [0.25, 0.3) is 0 Å². The van der Waals surface area contributed by atoms with Gasteiger partial charge in [-0.25, -0.2) is 0 Å². The third-order valence-corrected chi connectivity index (χ3v) is 7.47. The van der Waals surface area contributed by atoms with Gasteiger partial charge in [-0.3, -0.25) is 9.80 Å². The lowest BCUT2D eigenvalue weighted by Crippen LogP contribution is -2.50. The van der Waals surface area contributed by atoms with Crippen LogP contribution in [0.3, 0.4) is 0 Å². The first-order valence-corrected chi connectivity index (χ1v) is 13.7. The van der Waals surface area contributed by atoms with Crippen molar-refractivity contribution in [2.75, 3.05) is 45.9 Å². The summed E-state index contributed by atoms with van der Waals surface area (Å²) in [6.07, 6.45) is -0.507. The number of rotatable bonds is 11. The average molecular weight is 507 g/mol. The SMILES string of the molecule is OC(COCC(c1ccccc1)c1ccccc1)CN1CCN(C(c2ccccc2)c2ccccc2)CC1. The molecule has 1 unspecified atom stereocenters. The molecule has 0 spiro atoms. The molecule has 4 heteroatoms. The molecule has 1 heterocycles. The molecule has 5 rings (SSSR count). The van der Waals surface area contributed by atoms with Crippen LogP contribution in [0, 0.1) is 0 Å². The highest BCUT2D eigenvalue weighted by Gasteiger charge is 2.27. The largest absolute Gasteiger partial charge is 0.389 e. The normalized spacial score (nSPS) is 15.7. The molecule has 0 aliphatic carbocycles. The van der Waals surface area contributed by atoms with Gasteiger partial charge in [0, 0.05) is 38.6 Å². The minimum Gasteiger partial charge on any atom is -0.389 e. The standard InChI is InChI=1S/C34H38N2O2/c37-32(26-38-27-33(28-13-5-1-6-14-28)29-15-7-2-8-16-29)25-35-21-23-36(24-22-35)34(30-17-9-3-10-18-30)31-19-11-4-12-20-31/h1-20,32-34,37H,21-27H2. The molecule has 1 saturated heterocycles. The smallest absolute Gasteiger partial charge is 0.0900 e. The Morgan fingerprint density at radius 3 is 1.42 bits per heavy atom. The van der Waals surface area contributed by atoms with Gasteiger partial charge >= 0.3 is 0 Å². The van der Waals surface area contributed by atoms with E-state index in [-0.39, 0.29) is 12.0 Å². The van der Waals surface area contributed by atoms with Crippen LogP contribution in [-0.4, -0.2) is 66.9 Å². The van der Waals surface area contributed by atoms with Gasteiger partial charge < -0.3 is 9.84 Å². The first-order chi connectivity index (χ1) is 18.8. The molecule has 1 fully saturated rings. The minimum absolute atomic E-state index is 0.154. The molecule has 0 bridgehead atoms. The molecule has 0 aromatic heterocycles. The Morgan fingerprint density at radius 2 is 0.974 bits per heavy atom. The van der Waals surface area contributed by atoms with Crippen LogP contribution in [0.15, 0.2) is 121 Å². The molecule has 1 atom stereocenters. The van der Waals surface area contributed by atoms with Crippen LogP contribution < -0.4 is 0 Å². The number of piperazine rings is 1. The Balaban J connectivity index is 1.13. The summed E-state index contributed by atoms with van der Waals surface area (Å²) in [7, 11) is 0. The molecule has 1 N–H and O–H groups in total. The highest BCUT2D eigenvalue weighted by molar-refractivity contribution is 5.33. The molecule has 1 aliphatic heterocycles. The fraction of sp³-hybridized carbons (Fsp3) is 0.294. The zero-order valence-corrected chi connectivity index (χ0v) is 22.0. The number of aliphatic hydroxyl groups excluding tert-OH is 1. The van der Waals surface area contributed by atoms with Gasteiger partial charge in [-0.2, -0.15) is 0 Å². The van der Waals surface area contributed by atoms with E-state index in [1.165, 1.54) is 22.3 Å². The fourth-order valence-corrected chi connectivity index (χ4v) is 5.52. The van der Waals surface area contributed by atoms with Crippen molar-refractivity contribution in [1.82, 2.24) is 9.80 Å². The average Bonchev–Trinajstić information content (AvgIpc) is 2.98. The van der Waals surface area contributed by atoms with Crippen LogP contribution >= 0.6 is 0 Å². The van der Waals surface area contributed by atoms with Gasteiger partial charge in [0.1, 0.15) is 0 Å². The van der Waals surface area contributed by atoms with Crippen LogP contribution in [0.1, 0.15) is 34.2 Å². The fourth-order valence-electron chi connectivity index (χ4n) is 5.52. The second-order valence-corrected chi connectivity index (χ2v) is 10.1. The van der Waals surface area contributed by atoms with Crippen LogP contribution in [0.4, 0.5) is 0 Å². The monoisotopic (exact) mass is 506 g/mol. The van der Waals surface area contributed by atoms with Crippen LogP contribution in [0.5, 0.6) is 0 Å². The Labute approximate surface area is 227 Å². The lowest BCUT2D eigenvalue weighted by molar-refractivity contribution is 0.00297. The number of β-amino-alcohol motifs (C(OH)–C–C–N with tert-alkyl or cyclic N) is 1. The molecule has 38 heavy (non-hydrogen) atoms. The maximum Gasteiger partial charge on any atom is 0.0900 e. The van der Waals surface area contributed by atoms with Crippen molar-refractivity contribution in [2.45, 2.75) is 18.1 Å². The minimum atomic E-state index is -0.507. The summed E-state index contributed by atoms with van der Waals surface area (Å²) in [6, 6.07) is 42.7. The molecular formula is C34H38N2O2. The van der Waals surface area contributed by atoms with Crippen molar-refractivity contribution in [3.63, 3.8) is 0 Å². The lowest BCUT2D eigenvalue weighted by atomic mass is 9.92. The van der Waals surface area contributed by atoms with E-state index >= 15 is 0 Å². The van der Waals surface area contributed by atoms with E-state index in [2.05, 4.69) is 119 Å². The predicted molar refractivity (Wildman–Crippen MR) is 154 cm³/mol. The Hall–Kier alpha value is -3.28. The van der Waals surface area contributed by atoms with Crippen molar-refractivity contribution in [1.29, 1.82) is 0 Å². The highest BCUT2D eigenvalue weighted by atomic mass is 16.5. The summed E-state index contributed by atoms with van der Waals surface area (Å²) in [5, 5.41) is 10.8. The summed E-state index contributed by atoms with van der Waals surface area (Å²) >= 11 is 0. The summed E-state index contributed by atoms with van der Waals surface area (Å²) < 4.78 is 6.10. The first-order valence-electron chi connectivity index (χ1n) is 13.7. The predicted octanol–water partition coefficient (Wildman–Crippen LogP) is 5.60. The number of hydrogen-bond acceptors (Lipinski definition) is 4. The summed E-state index contributed by atoms with van der Waals surface area (Å²) in [5.74, 6) is 0.154. The highest BCUT2D eigenvalue weighted by Crippen LogP contribution is 2.29. The van der Waals surface area contributed by atoms with E-state index in [0.29, 0.717) is 19.8 Å². The van der Waals surface area contributed by atoms with Crippen molar-refractivity contribution in [2.24, 2.45) is 0 Å². The molecule has 4 aromatic rings. The molecule has 4 nitrogen and oxygen atoms in total. The second kappa shape index (κ2) is 13.5. The number of nitrogens with zero attached hydrogens (tertiary/aromatic N) is 2. The number of benzene rings is 4. The Bertz CT molecular complexity index is 1120. The van der Waals surface area contributed by atoms with E-state index in [0.717, 1.165) is 26.2 Å². The molecule has 0 amide bonds. The Morgan fingerprint density at radius 1 is 0.553 bits per heavy atom. The maximum absolute atomic E-state index is 10.8. The zero-order chi connectivity index (χ0) is 26.0. The Kier molecular flexibility index (Phi) is 9.35. The number of hydrogen-bond donors (Lipinski definition) is 1. The third kappa shape index (κ3) is 6.97. The maximum atomic E-state index is 10.8. The van der Waals surface area contributed by atoms with E-state index in [1.807, 2.05) is 12.1 Å². The number of ether oxygens (including phenoxy) is 1. The molecule has 196 valence electrons. The molecule has 1 aliphatic rings. The van der Waals surface area contributed by atoms with Gasteiger partial charge in [-0.05, 0) is 22.3 Å². The molecule has 4 aromatic carbocycles. The van der Waals surface area contributed by atoms with Gasteiger partial charge in [0.05, 0.1) is 25.4 Å². The van der Waals surface area contributed by atoms with E-state index in [9.17, 15) is 5.11 Å². The molecular weight excluding hydrogens is 468 g/mol. The van der Waals surface area contributed by atoms with E-state index < -0.39 is 6.10 Å². The van der Waals surface area contributed by atoms with Gasteiger partial charge in [-0.15, -0.1) is 0 Å². The van der Waals surface area contributed by atoms with Crippen molar-refractivity contribution in [3.05, 3.63) is 144 Å². The lowest BCUT2D eigenvalue weighted by Gasteiger charge is -2.40. The quantitative estimate of drug-likeness (QED) is 0.287. The van der Waals surface area contributed by atoms with E-state index in [1.54, 1.807) is 0 Å². The molecule has 0 saturated carbocycles. The van der Waals surface area contributed by atoms with Crippen molar-refractivity contribution >= 4 is 0 Å². The summed E-state index contributed by atoms with van der Waals surface area (Å²) in [5.41, 5.74) is 5.12. The van der Waals surface area contributed by atoms with Crippen molar-refractivity contribution < 1.29 is 9.84 Å². The van der Waals surface area contributed by atoms with Gasteiger partial charge in [0.15, 0.2) is 0 Å². The van der Waals surface area contributed by atoms with Gasteiger partial charge in [0.2, 0.25) is 0 Å². The topological polar surface area (TPSA) is 35.9 Å². The van der Waals surface area contributed by atoms with Gasteiger partial charge in [-0.1, -0.05) is 121 Å². The van der Waals surface area contributed by atoms with Crippen LogP contribution in [-0.2, 0) is 4.74 Å².